The van der Waals surface area contributed by atoms with Crippen molar-refractivity contribution >= 4 is 11.5 Å². The summed E-state index contributed by atoms with van der Waals surface area (Å²) in [6, 6.07) is 1.51. The number of hydrogen-bond donors (Lipinski definition) is 1. The Labute approximate surface area is 100 Å². The molecule has 0 spiro atoms. The van der Waals surface area contributed by atoms with Crippen LogP contribution in [0.1, 0.15) is 31.2 Å². The minimum atomic E-state index is -0.367. The van der Waals surface area contributed by atoms with Crippen molar-refractivity contribution in [1.82, 2.24) is 4.98 Å². The number of aromatic nitrogens is 1. The lowest BCUT2D eigenvalue weighted by Gasteiger charge is -2.25. The fourth-order valence-corrected chi connectivity index (χ4v) is 1.99. The Bertz CT molecular complexity index is 416. The monoisotopic (exact) mass is 235 g/mol. The second-order valence-electron chi connectivity index (χ2n) is 4.63. The van der Waals surface area contributed by atoms with Crippen molar-refractivity contribution in [2.75, 3.05) is 11.9 Å². The average Bonchev–Trinajstić information content (AvgIpc) is 2.23. The van der Waals surface area contributed by atoms with Gasteiger partial charge >= 0.3 is 0 Å². The number of nitro groups is 1. The quantitative estimate of drug-likeness (QED) is 0.629. The highest BCUT2D eigenvalue weighted by atomic mass is 16.6. The van der Waals surface area contributed by atoms with E-state index < -0.39 is 0 Å². The summed E-state index contributed by atoms with van der Waals surface area (Å²) in [6.07, 6.45) is 6.67. The molecule has 1 heterocycles. The maximum Gasteiger partial charge on any atom is 0.277 e. The van der Waals surface area contributed by atoms with Gasteiger partial charge in [-0.3, -0.25) is 10.1 Å². The number of pyridine rings is 1. The molecule has 1 aromatic heterocycles. The van der Waals surface area contributed by atoms with Gasteiger partial charge < -0.3 is 5.32 Å². The fraction of sp³-hybridized carbons (Fsp3) is 0.583. The molecule has 0 amide bonds. The molecular formula is C12H17N3O2. The highest BCUT2D eigenvalue weighted by Crippen LogP contribution is 2.29. The molecule has 0 bridgehead atoms. The highest BCUT2D eigenvalue weighted by Gasteiger charge is 2.17. The van der Waals surface area contributed by atoms with E-state index in [0.717, 1.165) is 18.9 Å². The van der Waals surface area contributed by atoms with E-state index >= 15 is 0 Å². The van der Waals surface area contributed by atoms with Crippen LogP contribution in [-0.2, 0) is 0 Å². The molecule has 1 aliphatic rings. The van der Waals surface area contributed by atoms with E-state index in [9.17, 15) is 10.1 Å². The molecule has 2 rings (SSSR count). The van der Waals surface area contributed by atoms with Gasteiger partial charge in [0.15, 0.2) is 0 Å². The molecule has 0 atom stereocenters. The third kappa shape index (κ3) is 2.93. The summed E-state index contributed by atoms with van der Waals surface area (Å²) in [7, 11) is 0. The summed E-state index contributed by atoms with van der Waals surface area (Å²) < 4.78 is 0. The first-order valence-electron chi connectivity index (χ1n) is 6.01. The van der Waals surface area contributed by atoms with Gasteiger partial charge in [0.25, 0.3) is 5.69 Å². The molecule has 1 aromatic rings. The average molecular weight is 235 g/mol. The summed E-state index contributed by atoms with van der Waals surface area (Å²) in [4.78, 5) is 14.5. The van der Waals surface area contributed by atoms with Gasteiger partial charge in [0.05, 0.1) is 11.0 Å². The van der Waals surface area contributed by atoms with Crippen LogP contribution in [-0.4, -0.2) is 16.5 Å². The molecular weight excluding hydrogens is 218 g/mol. The molecule has 0 unspecified atom stereocenters. The van der Waals surface area contributed by atoms with E-state index in [1.165, 1.54) is 25.3 Å². The van der Waals surface area contributed by atoms with E-state index in [1.54, 1.807) is 13.1 Å². The van der Waals surface area contributed by atoms with Crippen molar-refractivity contribution < 1.29 is 4.92 Å². The van der Waals surface area contributed by atoms with Gasteiger partial charge in [-0.2, -0.15) is 0 Å². The maximum atomic E-state index is 10.8. The van der Waals surface area contributed by atoms with Crippen LogP contribution in [0.15, 0.2) is 12.3 Å². The lowest BCUT2D eigenvalue weighted by atomic mass is 9.83. The first-order valence-corrected chi connectivity index (χ1v) is 6.01. The van der Waals surface area contributed by atoms with Crippen LogP contribution < -0.4 is 5.32 Å². The molecule has 17 heavy (non-hydrogen) atoms. The van der Waals surface area contributed by atoms with Gasteiger partial charge in [0.2, 0.25) is 0 Å². The molecule has 0 saturated heterocycles. The molecule has 0 radical (unpaired) electrons. The smallest absolute Gasteiger partial charge is 0.277 e. The third-order valence-corrected chi connectivity index (χ3v) is 3.35. The number of nitrogens with zero attached hydrogens (tertiary/aromatic N) is 2. The van der Waals surface area contributed by atoms with E-state index in [1.807, 2.05) is 0 Å². The first kappa shape index (κ1) is 11.8. The number of rotatable bonds is 5. The Morgan fingerprint density at radius 1 is 1.59 bits per heavy atom. The van der Waals surface area contributed by atoms with Gasteiger partial charge in [-0.05, 0) is 19.3 Å². The second kappa shape index (κ2) is 5.12. The summed E-state index contributed by atoms with van der Waals surface area (Å²) >= 11 is 0. The molecule has 1 saturated carbocycles. The van der Waals surface area contributed by atoms with E-state index in [0.29, 0.717) is 11.4 Å². The van der Waals surface area contributed by atoms with Crippen molar-refractivity contribution in [3.63, 3.8) is 0 Å². The predicted molar refractivity (Wildman–Crippen MR) is 66.1 cm³/mol. The first-order chi connectivity index (χ1) is 8.16. The Hall–Kier alpha value is -1.65. The van der Waals surface area contributed by atoms with Gasteiger partial charge in [0.1, 0.15) is 5.82 Å². The van der Waals surface area contributed by atoms with E-state index in [2.05, 4.69) is 10.3 Å². The van der Waals surface area contributed by atoms with Crippen molar-refractivity contribution in [3.05, 3.63) is 27.9 Å². The molecule has 92 valence electrons. The van der Waals surface area contributed by atoms with E-state index in [4.69, 9.17) is 0 Å². The Kier molecular flexibility index (Phi) is 3.56. The normalized spacial score (nSPS) is 15.4. The van der Waals surface area contributed by atoms with Crippen molar-refractivity contribution in [2.24, 2.45) is 5.92 Å². The minimum Gasteiger partial charge on any atom is -0.370 e. The molecule has 1 aliphatic carbocycles. The lowest BCUT2D eigenvalue weighted by Crippen LogP contribution is -2.16. The van der Waals surface area contributed by atoms with Crippen LogP contribution in [0.4, 0.5) is 11.5 Å². The van der Waals surface area contributed by atoms with Gasteiger partial charge in [-0.15, -0.1) is 0 Å². The number of hydrogen-bond acceptors (Lipinski definition) is 4. The SMILES string of the molecule is Cc1cnc(NCCC2CCC2)cc1[N+](=O)[O-]. The van der Waals surface area contributed by atoms with Gasteiger partial charge in [-0.25, -0.2) is 4.98 Å². The Morgan fingerprint density at radius 2 is 2.35 bits per heavy atom. The molecule has 1 N–H and O–H groups in total. The molecule has 1 fully saturated rings. The molecule has 5 heteroatoms. The zero-order valence-electron chi connectivity index (χ0n) is 9.98. The molecule has 0 aliphatic heterocycles. The largest absolute Gasteiger partial charge is 0.370 e. The maximum absolute atomic E-state index is 10.8. The van der Waals surface area contributed by atoms with Crippen LogP contribution in [0.2, 0.25) is 0 Å². The van der Waals surface area contributed by atoms with Gasteiger partial charge in [-0.1, -0.05) is 19.3 Å². The fourth-order valence-electron chi connectivity index (χ4n) is 1.99. The van der Waals surface area contributed by atoms with Crippen LogP contribution in [0.25, 0.3) is 0 Å². The summed E-state index contributed by atoms with van der Waals surface area (Å²) in [5, 5.41) is 13.9. The van der Waals surface area contributed by atoms with Crippen LogP contribution in [0, 0.1) is 23.0 Å². The molecule has 5 nitrogen and oxygen atoms in total. The number of nitrogens with one attached hydrogen (secondary N) is 1. The van der Waals surface area contributed by atoms with E-state index in [-0.39, 0.29) is 10.6 Å². The van der Waals surface area contributed by atoms with Gasteiger partial charge in [0, 0.05) is 18.3 Å². The zero-order chi connectivity index (χ0) is 12.3. The summed E-state index contributed by atoms with van der Waals surface area (Å²) in [5.41, 5.74) is 0.727. The Morgan fingerprint density at radius 3 is 2.94 bits per heavy atom. The number of anilines is 1. The molecule has 0 aromatic carbocycles. The Balaban J connectivity index is 1.91. The highest BCUT2D eigenvalue weighted by molar-refractivity contribution is 5.48. The van der Waals surface area contributed by atoms with Crippen LogP contribution in [0.3, 0.4) is 0 Å². The summed E-state index contributed by atoms with van der Waals surface area (Å²) in [6.45, 7) is 2.54. The zero-order valence-corrected chi connectivity index (χ0v) is 9.98. The third-order valence-electron chi connectivity index (χ3n) is 3.35. The van der Waals surface area contributed by atoms with Crippen LogP contribution >= 0.6 is 0 Å². The predicted octanol–water partition coefficient (Wildman–Crippen LogP) is 2.90. The summed E-state index contributed by atoms with van der Waals surface area (Å²) in [5.74, 6) is 1.43. The standard InChI is InChI=1S/C12H17N3O2/c1-9-8-14-12(7-11(9)15(16)17)13-6-5-10-3-2-4-10/h7-8,10H,2-6H2,1H3,(H,13,14). The topological polar surface area (TPSA) is 68.1 Å². The van der Waals surface area contributed by atoms with Crippen molar-refractivity contribution in [2.45, 2.75) is 32.6 Å². The van der Waals surface area contributed by atoms with Crippen LogP contribution in [0.5, 0.6) is 0 Å². The second-order valence-corrected chi connectivity index (χ2v) is 4.63. The van der Waals surface area contributed by atoms with Crippen molar-refractivity contribution in [3.8, 4) is 0 Å². The van der Waals surface area contributed by atoms with Crippen molar-refractivity contribution in [1.29, 1.82) is 0 Å². The lowest BCUT2D eigenvalue weighted by molar-refractivity contribution is -0.385. The minimum absolute atomic E-state index is 0.131. The number of aryl methyl sites for hydroxylation is 1.